The van der Waals surface area contributed by atoms with Gasteiger partial charge in [-0.3, -0.25) is 4.89 Å². The summed E-state index contributed by atoms with van der Waals surface area (Å²) in [7, 11) is 0. The van der Waals surface area contributed by atoms with Gasteiger partial charge >= 0.3 is 5.97 Å². The lowest BCUT2D eigenvalue weighted by Gasteiger charge is -2.44. The van der Waals surface area contributed by atoms with Crippen molar-refractivity contribution in [2.75, 3.05) is 0 Å². The largest absolute Gasteiger partial charge is 0.373 e. The monoisotopic (exact) mass is 234 g/mol. The minimum absolute atomic E-state index is 0.121. The van der Waals surface area contributed by atoms with E-state index in [2.05, 4.69) is 20.8 Å². The minimum atomic E-state index is -0.605. The Morgan fingerprint density at radius 1 is 1.29 bits per heavy atom. The Bertz CT molecular complexity index is 451. The van der Waals surface area contributed by atoms with E-state index in [1.807, 2.05) is 25.1 Å². The summed E-state index contributed by atoms with van der Waals surface area (Å²) in [6.45, 7) is 8.31. The van der Waals surface area contributed by atoms with Crippen LogP contribution in [0.25, 0.3) is 0 Å². The standard InChI is InChI=1S/C14H18O3/c1-5-13(2,3)14(4)11-9-7-6-8-10(11)12(15)16-17-14/h6-9H,5H2,1-4H3. The summed E-state index contributed by atoms with van der Waals surface area (Å²) in [5, 5.41) is 0. The molecule has 1 aliphatic rings. The average Bonchev–Trinajstić information content (AvgIpc) is 2.34. The molecule has 2 rings (SSSR count). The zero-order chi connectivity index (χ0) is 12.7. The molecule has 0 aliphatic carbocycles. The minimum Gasteiger partial charge on any atom is -0.292 e. The van der Waals surface area contributed by atoms with Gasteiger partial charge in [0.25, 0.3) is 0 Å². The summed E-state index contributed by atoms with van der Waals surface area (Å²) in [4.78, 5) is 21.9. The Morgan fingerprint density at radius 2 is 1.94 bits per heavy atom. The molecule has 0 amide bonds. The first-order chi connectivity index (χ1) is 7.92. The van der Waals surface area contributed by atoms with Gasteiger partial charge in [0.15, 0.2) is 0 Å². The van der Waals surface area contributed by atoms with Crippen LogP contribution >= 0.6 is 0 Å². The number of carbonyl (C=O) groups is 1. The van der Waals surface area contributed by atoms with Crippen molar-refractivity contribution >= 4 is 5.97 Å². The molecule has 3 nitrogen and oxygen atoms in total. The molecule has 1 heterocycles. The Balaban J connectivity index is 2.60. The van der Waals surface area contributed by atoms with Crippen LogP contribution in [0.4, 0.5) is 0 Å². The van der Waals surface area contributed by atoms with Gasteiger partial charge in [0.05, 0.1) is 5.56 Å². The molecule has 0 spiro atoms. The quantitative estimate of drug-likeness (QED) is 0.735. The molecule has 0 aromatic heterocycles. The van der Waals surface area contributed by atoms with Gasteiger partial charge in [-0.25, -0.2) is 4.79 Å². The molecule has 1 unspecified atom stereocenters. The predicted octanol–water partition coefficient (Wildman–Crippen LogP) is 3.44. The summed E-state index contributed by atoms with van der Waals surface area (Å²) in [5.74, 6) is -0.412. The third kappa shape index (κ3) is 1.65. The second-order valence-electron chi connectivity index (χ2n) is 5.27. The molecule has 0 bridgehead atoms. The van der Waals surface area contributed by atoms with Gasteiger partial charge in [-0.05, 0) is 19.4 Å². The van der Waals surface area contributed by atoms with Gasteiger partial charge in [-0.15, -0.1) is 0 Å². The van der Waals surface area contributed by atoms with Gasteiger partial charge in [-0.2, -0.15) is 4.89 Å². The number of rotatable bonds is 2. The topological polar surface area (TPSA) is 35.5 Å². The van der Waals surface area contributed by atoms with E-state index in [1.165, 1.54) is 0 Å². The number of benzene rings is 1. The maximum absolute atomic E-state index is 11.6. The van der Waals surface area contributed by atoms with Gasteiger partial charge < -0.3 is 0 Å². The average molecular weight is 234 g/mol. The predicted molar refractivity (Wildman–Crippen MR) is 64.4 cm³/mol. The molecular weight excluding hydrogens is 216 g/mol. The van der Waals surface area contributed by atoms with Gasteiger partial charge in [-0.1, -0.05) is 39.0 Å². The van der Waals surface area contributed by atoms with Crippen LogP contribution in [-0.2, 0) is 15.4 Å². The van der Waals surface area contributed by atoms with Crippen molar-refractivity contribution in [2.24, 2.45) is 5.41 Å². The normalized spacial score (nSPS) is 24.1. The first-order valence-electron chi connectivity index (χ1n) is 5.92. The van der Waals surface area contributed by atoms with Crippen LogP contribution in [0.5, 0.6) is 0 Å². The van der Waals surface area contributed by atoms with E-state index in [-0.39, 0.29) is 5.41 Å². The smallest absolute Gasteiger partial charge is 0.292 e. The third-order valence-electron chi connectivity index (χ3n) is 4.12. The molecular formula is C14H18O3. The van der Waals surface area contributed by atoms with Gasteiger partial charge in [0.2, 0.25) is 0 Å². The zero-order valence-electron chi connectivity index (χ0n) is 10.7. The molecule has 1 atom stereocenters. The van der Waals surface area contributed by atoms with E-state index < -0.39 is 11.6 Å². The van der Waals surface area contributed by atoms with Crippen molar-refractivity contribution in [2.45, 2.75) is 39.7 Å². The number of carbonyl (C=O) groups excluding carboxylic acids is 1. The lowest BCUT2D eigenvalue weighted by Crippen LogP contribution is -2.45. The highest BCUT2D eigenvalue weighted by molar-refractivity contribution is 5.91. The van der Waals surface area contributed by atoms with Crippen LogP contribution in [0.15, 0.2) is 24.3 Å². The fraction of sp³-hybridized carbons (Fsp3) is 0.500. The summed E-state index contributed by atoms with van der Waals surface area (Å²) < 4.78 is 0. The first-order valence-corrected chi connectivity index (χ1v) is 5.92. The van der Waals surface area contributed by atoms with Crippen molar-refractivity contribution in [3.05, 3.63) is 35.4 Å². The lowest BCUT2D eigenvalue weighted by atomic mass is 9.69. The van der Waals surface area contributed by atoms with Crippen molar-refractivity contribution < 1.29 is 14.6 Å². The Kier molecular flexibility index (Phi) is 2.74. The molecule has 17 heavy (non-hydrogen) atoms. The molecule has 0 fully saturated rings. The summed E-state index contributed by atoms with van der Waals surface area (Å²) in [6, 6.07) is 7.48. The van der Waals surface area contributed by atoms with Crippen molar-refractivity contribution in [1.82, 2.24) is 0 Å². The molecule has 1 aromatic rings. The maximum Gasteiger partial charge on any atom is 0.373 e. The second-order valence-corrected chi connectivity index (χ2v) is 5.27. The maximum atomic E-state index is 11.6. The highest BCUT2D eigenvalue weighted by Crippen LogP contribution is 2.48. The Morgan fingerprint density at radius 3 is 2.59 bits per heavy atom. The zero-order valence-corrected chi connectivity index (χ0v) is 10.7. The van der Waals surface area contributed by atoms with Crippen LogP contribution in [0.1, 0.15) is 50.0 Å². The number of fused-ring (bicyclic) bond motifs is 1. The molecule has 1 aromatic carbocycles. The van der Waals surface area contributed by atoms with Crippen molar-refractivity contribution in [3.8, 4) is 0 Å². The van der Waals surface area contributed by atoms with Crippen LogP contribution in [-0.4, -0.2) is 5.97 Å². The van der Waals surface area contributed by atoms with Crippen molar-refractivity contribution in [1.29, 1.82) is 0 Å². The molecule has 3 heteroatoms. The Hall–Kier alpha value is -1.35. The van der Waals surface area contributed by atoms with Crippen LogP contribution in [0.3, 0.4) is 0 Å². The molecule has 0 N–H and O–H groups in total. The molecule has 92 valence electrons. The number of hydrogen-bond donors (Lipinski definition) is 0. The highest BCUT2D eigenvalue weighted by Gasteiger charge is 2.49. The van der Waals surface area contributed by atoms with Gasteiger partial charge in [0.1, 0.15) is 5.60 Å². The van der Waals surface area contributed by atoms with Crippen LogP contribution in [0.2, 0.25) is 0 Å². The highest BCUT2D eigenvalue weighted by atomic mass is 17.2. The van der Waals surface area contributed by atoms with E-state index >= 15 is 0 Å². The van der Waals surface area contributed by atoms with E-state index in [1.54, 1.807) is 6.07 Å². The molecule has 1 aliphatic heterocycles. The first kappa shape index (κ1) is 12.1. The fourth-order valence-corrected chi connectivity index (χ4v) is 2.10. The van der Waals surface area contributed by atoms with Crippen LogP contribution in [0, 0.1) is 5.41 Å². The molecule has 0 saturated heterocycles. The molecule has 0 radical (unpaired) electrons. The van der Waals surface area contributed by atoms with E-state index in [9.17, 15) is 4.79 Å². The lowest BCUT2D eigenvalue weighted by molar-refractivity contribution is -0.352. The molecule has 0 saturated carbocycles. The summed E-state index contributed by atoms with van der Waals surface area (Å²) in [6.07, 6.45) is 0.926. The third-order valence-corrected chi connectivity index (χ3v) is 4.12. The number of hydrogen-bond acceptors (Lipinski definition) is 3. The Labute approximate surface area is 102 Å². The van der Waals surface area contributed by atoms with E-state index in [0.29, 0.717) is 5.56 Å². The van der Waals surface area contributed by atoms with E-state index in [4.69, 9.17) is 9.78 Å². The SMILES string of the molecule is CCC(C)(C)C1(C)OOC(=O)c2ccccc21. The van der Waals surface area contributed by atoms with Crippen LogP contribution < -0.4 is 0 Å². The summed E-state index contributed by atoms with van der Waals surface area (Å²) >= 11 is 0. The second kappa shape index (κ2) is 3.84. The fourth-order valence-electron chi connectivity index (χ4n) is 2.10. The van der Waals surface area contributed by atoms with Crippen molar-refractivity contribution in [3.63, 3.8) is 0 Å². The summed E-state index contributed by atoms with van der Waals surface area (Å²) in [5.41, 5.74) is 0.779. The van der Waals surface area contributed by atoms with E-state index in [0.717, 1.165) is 12.0 Å². The van der Waals surface area contributed by atoms with Gasteiger partial charge in [0, 0.05) is 11.0 Å².